The van der Waals surface area contributed by atoms with Crippen molar-refractivity contribution in [1.82, 2.24) is 9.55 Å². The Hall–Kier alpha value is -1.33. The van der Waals surface area contributed by atoms with Crippen molar-refractivity contribution in [3.63, 3.8) is 0 Å². The number of nitrogens with two attached hydrogens (primary N) is 1. The second-order valence-electron chi connectivity index (χ2n) is 3.20. The van der Waals surface area contributed by atoms with Gasteiger partial charge in [0.05, 0.1) is 5.69 Å². The summed E-state index contributed by atoms with van der Waals surface area (Å²) < 4.78 is 14.9. The third-order valence-corrected chi connectivity index (χ3v) is 3.04. The van der Waals surface area contributed by atoms with Crippen LogP contribution in [0.25, 0.3) is 5.69 Å². The van der Waals surface area contributed by atoms with Crippen LogP contribution in [-0.4, -0.2) is 21.8 Å². The molecule has 2 rings (SSSR count). The second kappa shape index (κ2) is 5.14. The normalized spacial score (nSPS) is 10.6. The molecule has 2 aromatic rings. The number of thioether (sulfide) groups is 1. The van der Waals surface area contributed by atoms with Gasteiger partial charge in [-0.25, -0.2) is 9.37 Å². The highest BCUT2D eigenvalue weighted by Gasteiger charge is 2.05. The minimum absolute atomic E-state index is 0.249. The fourth-order valence-electron chi connectivity index (χ4n) is 1.37. The van der Waals surface area contributed by atoms with E-state index in [1.807, 2.05) is 16.8 Å². The lowest BCUT2D eigenvalue weighted by atomic mass is 10.3. The molecule has 0 radical (unpaired) electrons. The van der Waals surface area contributed by atoms with Crippen molar-refractivity contribution in [2.75, 3.05) is 12.3 Å². The summed E-state index contributed by atoms with van der Waals surface area (Å²) in [6, 6.07) is 6.43. The van der Waals surface area contributed by atoms with E-state index in [9.17, 15) is 4.39 Å². The molecule has 0 amide bonds. The van der Waals surface area contributed by atoms with Gasteiger partial charge in [0.1, 0.15) is 5.82 Å². The molecule has 1 aromatic carbocycles. The van der Waals surface area contributed by atoms with E-state index in [4.69, 9.17) is 5.73 Å². The SMILES string of the molecule is NCCSc1nccn1-c1cccc(F)c1. The first kappa shape index (κ1) is 11.2. The van der Waals surface area contributed by atoms with Gasteiger partial charge in [-0.15, -0.1) is 0 Å². The molecule has 84 valence electrons. The fourth-order valence-corrected chi connectivity index (χ4v) is 2.11. The molecule has 0 unspecified atom stereocenters. The van der Waals surface area contributed by atoms with Crippen LogP contribution in [0.4, 0.5) is 4.39 Å². The predicted molar refractivity (Wildman–Crippen MR) is 63.3 cm³/mol. The van der Waals surface area contributed by atoms with Gasteiger partial charge in [-0.1, -0.05) is 17.8 Å². The Labute approximate surface area is 97.5 Å². The number of aromatic nitrogens is 2. The zero-order valence-corrected chi connectivity index (χ0v) is 9.45. The summed E-state index contributed by atoms with van der Waals surface area (Å²) in [6.45, 7) is 0.598. The van der Waals surface area contributed by atoms with Crippen molar-refractivity contribution in [3.05, 3.63) is 42.5 Å². The number of nitrogens with zero attached hydrogens (tertiary/aromatic N) is 2. The highest BCUT2D eigenvalue weighted by atomic mass is 32.2. The molecule has 0 aliphatic carbocycles. The number of halogens is 1. The third kappa shape index (κ3) is 2.43. The van der Waals surface area contributed by atoms with E-state index < -0.39 is 0 Å². The van der Waals surface area contributed by atoms with Crippen molar-refractivity contribution in [2.24, 2.45) is 5.73 Å². The van der Waals surface area contributed by atoms with Crippen LogP contribution in [0.1, 0.15) is 0 Å². The minimum atomic E-state index is -0.249. The van der Waals surface area contributed by atoms with E-state index in [-0.39, 0.29) is 5.82 Å². The number of benzene rings is 1. The summed E-state index contributed by atoms with van der Waals surface area (Å²) in [4.78, 5) is 4.21. The first-order valence-corrected chi connectivity index (χ1v) is 5.92. The molecule has 0 spiro atoms. The fraction of sp³-hybridized carbons (Fsp3) is 0.182. The van der Waals surface area contributed by atoms with Crippen molar-refractivity contribution >= 4 is 11.8 Å². The largest absolute Gasteiger partial charge is 0.330 e. The van der Waals surface area contributed by atoms with Gasteiger partial charge in [-0.05, 0) is 18.2 Å². The Balaban J connectivity index is 2.29. The number of imidazole rings is 1. The highest BCUT2D eigenvalue weighted by molar-refractivity contribution is 7.99. The van der Waals surface area contributed by atoms with E-state index in [1.165, 1.54) is 12.1 Å². The van der Waals surface area contributed by atoms with Gasteiger partial charge in [0, 0.05) is 24.7 Å². The summed E-state index contributed by atoms with van der Waals surface area (Å²) in [5.74, 6) is 0.549. The first-order chi connectivity index (χ1) is 7.81. The minimum Gasteiger partial charge on any atom is -0.330 e. The smallest absolute Gasteiger partial charge is 0.172 e. The Morgan fingerprint density at radius 1 is 1.44 bits per heavy atom. The van der Waals surface area contributed by atoms with Crippen LogP contribution in [0.3, 0.4) is 0 Å². The van der Waals surface area contributed by atoms with E-state index >= 15 is 0 Å². The number of hydrogen-bond donors (Lipinski definition) is 1. The van der Waals surface area contributed by atoms with Gasteiger partial charge in [0.15, 0.2) is 5.16 Å². The quantitative estimate of drug-likeness (QED) is 0.828. The number of rotatable bonds is 4. The van der Waals surface area contributed by atoms with Crippen LogP contribution in [0.5, 0.6) is 0 Å². The molecule has 1 aromatic heterocycles. The highest BCUT2D eigenvalue weighted by Crippen LogP contribution is 2.20. The lowest BCUT2D eigenvalue weighted by Gasteiger charge is -2.06. The van der Waals surface area contributed by atoms with Crippen molar-refractivity contribution in [3.8, 4) is 5.69 Å². The average molecular weight is 237 g/mol. The van der Waals surface area contributed by atoms with Crippen LogP contribution in [0.2, 0.25) is 0 Å². The number of hydrogen-bond acceptors (Lipinski definition) is 3. The topological polar surface area (TPSA) is 43.8 Å². The molecule has 0 fully saturated rings. The van der Waals surface area contributed by atoms with Crippen LogP contribution in [-0.2, 0) is 0 Å². The van der Waals surface area contributed by atoms with E-state index in [0.29, 0.717) is 6.54 Å². The van der Waals surface area contributed by atoms with E-state index in [1.54, 1.807) is 24.0 Å². The third-order valence-electron chi connectivity index (χ3n) is 2.04. The molecule has 16 heavy (non-hydrogen) atoms. The Morgan fingerprint density at radius 2 is 2.31 bits per heavy atom. The molecule has 0 bridgehead atoms. The molecule has 5 heteroatoms. The average Bonchev–Trinajstić information content (AvgIpc) is 2.74. The molecule has 3 nitrogen and oxygen atoms in total. The summed E-state index contributed by atoms with van der Waals surface area (Å²) in [7, 11) is 0. The molecule has 0 saturated carbocycles. The van der Waals surface area contributed by atoms with Gasteiger partial charge >= 0.3 is 0 Å². The molecule has 0 aliphatic rings. The second-order valence-corrected chi connectivity index (χ2v) is 4.26. The maximum absolute atomic E-state index is 13.1. The predicted octanol–water partition coefficient (Wildman–Crippen LogP) is 2.06. The summed E-state index contributed by atoms with van der Waals surface area (Å²) in [5.41, 5.74) is 6.22. The standard InChI is InChI=1S/C11H12FN3S/c12-9-2-1-3-10(8-9)15-6-5-14-11(15)16-7-4-13/h1-3,5-6,8H,4,7,13H2. The van der Waals surface area contributed by atoms with Crippen LogP contribution >= 0.6 is 11.8 Å². The monoisotopic (exact) mass is 237 g/mol. The zero-order chi connectivity index (χ0) is 11.4. The molecule has 2 N–H and O–H groups in total. The molecular formula is C11H12FN3S. The zero-order valence-electron chi connectivity index (χ0n) is 8.64. The first-order valence-electron chi connectivity index (χ1n) is 4.93. The van der Waals surface area contributed by atoms with Crippen LogP contribution in [0, 0.1) is 5.82 Å². The summed E-state index contributed by atoms with van der Waals surface area (Å²) in [6.07, 6.45) is 3.51. The van der Waals surface area contributed by atoms with Crippen molar-refractivity contribution in [1.29, 1.82) is 0 Å². The molecule has 1 heterocycles. The van der Waals surface area contributed by atoms with Crippen LogP contribution in [0.15, 0.2) is 41.8 Å². The van der Waals surface area contributed by atoms with Crippen molar-refractivity contribution < 1.29 is 4.39 Å². The lowest BCUT2D eigenvalue weighted by molar-refractivity contribution is 0.626. The summed E-state index contributed by atoms with van der Waals surface area (Å²) in [5, 5.41) is 0.830. The maximum atomic E-state index is 13.1. The Morgan fingerprint density at radius 3 is 3.06 bits per heavy atom. The molecule has 0 atom stereocenters. The molecule has 0 aliphatic heterocycles. The summed E-state index contributed by atoms with van der Waals surface area (Å²) >= 11 is 1.56. The Bertz CT molecular complexity index is 470. The van der Waals surface area contributed by atoms with E-state index in [0.717, 1.165) is 16.6 Å². The lowest BCUT2D eigenvalue weighted by Crippen LogP contribution is -2.03. The van der Waals surface area contributed by atoms with Crippen LogP contribution < -0.4 is 5.73 Å². The maximum Gasteiger partial charge on any atom is 0.172 e. The van der Waals surface area contributed by atoms with Gasteiger partial charge in [0.25, 0.3) is 0 Å². The van der Waals surface area contributed by atoms with E-state index in [2.05, 4.69) is 4.98 Å². The van der Waals surface area contributed by atoms with Crippen molar-refractivity contribution in [2.45, 2.75) is 5.16 Å². The van der Waals surface area contributed by atoms with Gasteiger partial charge in [0.2, 0.25) is 0 Å². The van der Waals surface area contributed by atoms with Gasteiger partial charge < -0.3 is 5.73 Å². The van der Waals surface area contributed by atoms with Gasteiger partial charge in [-0.2, -0.15) is 0 Å². The Kier molecular flexibility index (Phi) is 3.58. The molecular weight excluding hydrogens is 225 g/mol. The van der Waals surface area contributed by atoms with Gasteiger partial charge in [-0.3, -0.25) is 4.57 Å². The molecule has 0 saturated heterocycles.